The van der Waals surface area contributed by atoms with E-state index in [9.17, 15) is 10.1 Å². The molecule has 2 rings (SSSR count). The first-order valence-corrected chi connectivity index (χ1v) is 7.57. The lowest BCUT2D eigenvalue weighted by Crippen LogP contribution is -1.94. The van der Waals surface area contributed by atoms with Gasteiger partial charge in [0.05, 0.1) is 16.2 Å². The van der Waals surface area contributed by atoms with Crippen LogP contribution in [0.25, 0.3) is 11.5 Å². The third kappa shape index (κ3) is 3.94. The molecule has 0 atom stereocenters. The highest BCUT2D eigenvalue weighted by atomic mass is 32.2. The van der Waals surface area contributed by atoms with Crippen LogP contribution in [0.4, 0.5) is 11.4 Å². The zero-order chi connectivity index (χ0) is 15.4. The average Bonchev–Trinajstić information content (AvgIpc) is 2.87. The number of nitrogen functional groups attached to an aromatic ring is 1. The van der Waals surface area contributed by atoms with E-state index in [4.69, 9.17) is 10.3 Å². The maximum absolute atomic E-state index is 10.8. The van der Waals surface area contributed by atoms with Crippen molar-refractivity contribution in [3.05, 3.63) is 34.1 Å². The molecule has 8 heteroatoms. The Hall–Kier alpha value is -2.09. The highest BCUT2D eigenvalue weighted by Gasteiger charge is 2.16. The molecule has 2 N–H and O–H groups in total. The number of benzene rings is 1. The smallest absolute Gasteiger partial charge is 0.270 e. The van der Waals surface area contributed by atoms with Gasteiger partial charge < -0.3 is 10.3 Å². The lowest BCUT2D eigenvalue weighted by molar-refractivity contribution is -0.384. The number of nitro groups is 1. The molecule has 0 saturated heterocycles. The lowest BCUT2D eigenvalue weighted by Gasteiger charge is -2.01. The predicted molar refractivity (Wildman–Crippen MR) is 81.8 cm³/mol. The fourth-order valence-corrected chi connectivity index (χ4v) is 2.54. The van der Waals surface area contributed by atoms with E-state index in [0.29, 0.717) is 28.7 Å². The topological polar surface area (TPSA) is 108 Å². The van der Waals surface area contributed by atoms with E-state index < -0.39 is 4.92 Å². The Morgan fingerprint density at radius 2 is 2.24 bits per heavy atom. The molecule has 2 aromatic rings. The molecule has 21 heavy (non-hydrogen) atoms. The molecule has 1 heterocycles. The first-order valence-electron chi connectivity index (χ1n) is 6.42. The average molecular weight is 308 g/mol. The van der Waals surface area contributed by atoms with E-state index in [1.54, 1.807) is 11.8 Å². The van der Waals surface area contributed by atoms with Crippen molar-refractivity contribution in [2.75, 3.05) is 11.5 Å². The molecule has 1 aromatic carbocycles. The van der Waals surface area contributed by atoms with E-state index in [0.717, 1.165) is 5.75 Å². The van der Waals surface area contributed by atoms with E-state index in [-0.39, 0.29) is 11.6 Å². The first kappa shape index (κ1) is 15.3. The van der Waals surface area contributed by atoms with Crippen LogP contribution in [-0.2, 0) is 5.75 Å². The summed E-state index contributed by atoms with van der Waals surface area (Å²) in [5.41, 5.74) is 6.51. The van der Waals surface area contributed by atoms with Crippen molar-refractivity contribution in [2.24, 2.45) is 5.92 Å². The molecule has 0 saturated carbocycles. The summed E-state index contributed by atoms with van der Waals surface area (Å²) in [6, 6.07) is 4.15. The molecular weight excluding hydrogens is 292 g/mol. The number of nitro benzene ring substituents is 1. The number of rotatable bonds is 6. The van der Waals surface area contributed by atoms with Crippen LogP contribution in [0.3, 0.4) is 0 Å². The largest absolute Gasteiger partial charge is 0.398 e. The van der Waals surface area contributed by atoms with Gasteiger partial charge in [0.2, 0.25) is 0 Å². The van der Waals surface area contributed by atoms with Crippen molar-refractivity contribution in [1.29, 1.82) is 0 Å². The zero-order valence-electron chi connectivity index (χ0n) is 11.8. The quantitative estimate of drug-likeness (QED) is 0.496. The normalized spacial score (nSPS) is 11.0. The number of thioether (sulfide) groups is 1. The molecule has 1 aromatic heterocycles. The van der Waals surface area contributed by atoms with E-state index in [1.807, 2.05) is 0 Å². The second-order valence-corrected chi connectivity index (χ2v) is 5.98. The molecule has 0 aliphatic heterocycles. The van der Waals surface area contributed by atoms with Crippen molar-refractivity contribution < 1.29 is 9.45 Å². The van der Waals surface area contributed by atoms with Gasteiger partial charge in [0, 0.05) is 17.8 Å². The molecule has 0 unspecified atom stereocenters. The summed E-state index contributed by atoms with van der Waals surface area (Å²) >= 11 is 1.71. The molecule has 112 valence electrons. The molecule has 0 spiro atoms. The highest BCUT2D eigenvalue weighted by Crippen LogP contribution is 2.29. The molecule has 0 aliphatic carbocycles. The monoisotopic (exact) mass is 308 g/mol. The van der Waals surface area contributed by atoms with Crippen LogP contribution in [0.2, 0.25) is 0 Å². The summed E-state index contributed by atoms with van der Waals surface area (Å²) in [6.07, 6.45) is 0. The molecule has 0 aliphatic rings. The number of anilines is 1. The van der Waals surface area contributed by atoms with Gasteiger partial charge in [0.1, 0.15) is 0 Å². The SMILES string of the molecule is CC(C)CSCc1noc(-c2cc([N+](=O)[O-])ccc2N)n1. The van der Waals surface area contributed by atoms with E-state index >= 15 is 0 Å². The summed E-state index contributed by atoms with van der Waals surface area (Å²) in [4.78, 5) is 14.6. The fraction of sp³-hybridized carbons (Fsp3) is 0.385. The third-order valence-electron chi connectivity index (χ3n) is 2.63. The lowest BCUT2D eigenvalue weighted by atomic mass is 10.1. The van der Waals surface area contributed by atoms with Crippen molar-refractivity contribution in [2.45, 2.75) is 19.6 Å². The number of non-ortho nitro benzene ring substituents is 1. The van der Waals surface area contributed by atoms with Gasteiger partial charge in [0.25, 0.3) is 11.6 Å². The molecule has 0 amide bonds. The molecular formula is C13H16N4O3S. The van der Waals surface area contributed by atoms with Gasteiger partial charge in [0.15, 0.2) is 5.82 Å². The Morgan fingerprint density at radius 3 is 2.90 bits per heavy atom. The summed E-state index contributed by atoms with van der Waals surface area (Å²) in [5.74, 6) is 2.99. The van der Waals surface area contributed by atoms with Gasteiger partial charge in [-0.05, 0) is 17.7 Å². The number of hydrogen-bond acceptors (Lipinski definition) is 7. The van der Waals surface area contributed by atoms with Crippen LogP contribution in [0.15, 0.2) is 22.7 Å². The number of nitrogens with zero attached hydrogens (tertiary/aromatic N) is 3. The summed E-state index contributed by atoms with van der Waals surface area (Å²) in [5, 5.41) is 14.7. The van der Waals surface area contributed by atoms with Crippen LogP contribution in [0.1, 0.15) is 19.7 Å². The van der Waals surface area contributed by atoms with Gasteiger partial charge >= 0.3 is 0 Å². The minimum atomic E-state index is -0.487. The van der Waals surface area contributed by atoms with Crippen LogP contribution in [0.5, 0.6) is 0 Å². The Labute approximate surface area is 126 Å². The maximum Gasteiger partial charge on any atom is 0.270 e. The summed E-state index contributed by atoms with van der Waals surface area (Å²) in [7, 11) is 0. The summed E-state index contributed by atoms with van der Waals surface area (Å²) < 4.78 is 5.15. The minimum absolute atomic E-state index is 0.0619. The Morgan fingerprint density at radius 1 is 1.48 bits per heavy atom. The highest BCUT2D eigenvalue weighted by molar-refractivity contribution is 7.98. The third-order valence-corrected chi connectivity index (χ3v) is 3.99. The van der Waals surface area contributed by atoms with E-state index in [1.165, 1.54) is 18.2 Å². The van der Waals surface area contributed by atoms with Crippen molar-refractivity contribution in [3.8, 4) is 11.5 Å². The van der Waals surface area contributed by atoms with Crippen LogP contribution in [0, 0.1) is 16.0 Å². The predicted octanol–water partition coefficient (Wildman–Crippen LogP) is 3.12. The zero-order valence-corrected chi connectivity index (χ0v) is 12.6. The standard InChI is InChI=1S/C13H16N4O3S/c1-8(2)6-21-7-12-15-13(20-16-12)10-5-9(17(18)19)3-4-11(10)14/h3-5,8H,6-7,14H2,1-2H3. The van der Waals surface area contributed by atoms with Gasteiger partial charge in [-0.25, -0.2) is 0 Å². The van der Waals surface area contributed by atoms with Gasteiger partial charge in [-0.1, -0.05) is 19.0 Å². The molecule has 0 radical (unpaired) electrons. The van der Waals surface area contributed by atoms with Crippen molar-refractivity contribution >= 4 is 23.1 Å². The van der Waals surface area contributed by atoms with Crippen LogP contribution >= 0.6 is 11.8 Å². The second kappa shape index (κ2) is 6.57. The van der Waals surface area contributed by atoms with Crippen molar-refractivity contribution in [1.82, 2.24) is 10.1 Å². The number of hydrogen-bond donors (Lipinski definition) is 1. The molecule has 0 fully saturated rings. The second-order valence-electron chi connectivity index (χ2n) is 4.95. The number of nitrogens with two attached hydrogens (primary N) is 1. The molecule has 7 nitrogen and oxygen atoms in total. The Balaban J connectivity index is 2.17. The first-order chi connectivity index (χ1) is 9.97. The van der Waals surface area contributed by atoms with Gasteiger partial charge in [-0.15, -0.1) is 0 Å². The van der Waals surface area contributed by atoms with Gasteiger partial charge in [-0.2, -0.15) is 16.7 Å². The maximum atomic E-state index is 10.8. The van der Waals surface area contributed by atoms with E-state index in [2.05, 4.69) is 24.0 Å². The minimum Gasteiger partial charge on any atom is -0.398 e. The van der Waals surface area contributed by atoms with Crippen LogP contribution in [-0.4, -0.2) is 20.8 Å². The number of aromatic nitrogens is 2. The Bertz CT molecular complexity index is 642. The fourth-order valence-electron chi connectivity index (χ4n) is 1.65. The van der Waals surface area contributed by atoms with Crippen molar-refractivity contribution in [3.63, 3.8) is 0 Å². The van der Waals surface area contributed by atoms with Crippen LogP contribution < -0.4 is 5.73 Å². The Kier molecular flexibility index (Phi) is 4.79. The van der Waals surface area contributed by atoms with Gasteiger partial charge in [-0.3, -0.25) is 10.1 Å². The summed E-state index contributed by atoms with van der Waals surface area (Å²) in [6.45, 7) is 4.27. The molecule has 0 bridgehead atoms.